The van der Waals surface area contributed by atoms with Crippen LogP contribution in [0.1, 0.15) is 36.2 Å². The third kappa shape index (κ3) is 3.33. The molecule has 0 spiro atoms. The molecule has 1 aliphatic carbocycles. The molecule has 6 nitrogen and oxygen atoms in total. The van der Waals surface area contributed by atoms with Crippen molar-refractivity contribution in [2.24, 2.45) is 0 Å². The first-order valence-corrected chi connectivity index (χ1v) is 7.37. The Kier molecular flexibility index (Phi) is 4.18. The Morgan fingerprint density at radius 2 is 1.82 bits per heavy atom. The van der Waals surface area contributed by atoms with Gasteiger partial charge in [-0.3, -0.25) is 4.79 Å². The second-order valence-corrected chi connectivity index (χ2v) is 5.29. The highest BCUT2D eigenvalue weighted by molar-refractivity contribution is 6.05. The van der Waals surface area contributed by atoms with Gasteiger partial charge in [-0.15, -0.1) is 0 Å². The number of benzene rings is 1. The zero-order valence-electron chi connectivity index (χ0n) is 12.2. The van der Waals surface area contributed by atoms with Crippen LogP contribution in [0.5, 0.6) is 5.75 Å². The first kappa shape index (κ1) is 14.3. The van der Waals surface area contributed by atoms with E-state index >= 15 is 0 Å². The fraction of sp³-hybridized carbons (Fsp3) is 0.312. The van der Waals surface area contributed by atoms with Gasteiger partial charge in [0.2, 0.25) is 0 Å². The van der Waals surface area contributed by atoms with Crippen molar-refractivity contribution in [3.63, 3.8) is 0 Å². The van der Waals surface area contributed by atoms with Crippen LogP contribution in [0.4, 0.5) is 11.5 Å². The van der Waals surface area contributed by atoms with E-state index in [4.69, 9.17) is 10.5 Å². The van der Waals surface area contributed by atoms with Crippen molar-refractivity contribution in [1.82, 2.24) is 9.97 Å². The van der Waals surface area contributed by atoms with Crippen LogP contribution in [-0.4, -0.2) is 22.0 Å². The molecule has 1 aromatic carbocycles. The smallest absolute Gasteiger partial charge is 0.278 e. The minimum absolute atomic E-state index is 0.112. The van der Waals surface area contributed by atoms with Crippen LogP contribution in [0.25, 0.3) is 0 Å². The molecule has 2 aromatic rings. The number of nitrogens with zero attached hydrogens (tertiary/aromatic N) is 2. The Bertz CT molecular complexity index is 651. The van der Waals surface area contributed by atoms with E-state index in [9.17, 15) is 4.79 Å². The molecule has 1 saturated carbocycles. The number of hydrogen-bond donors (Lipinski definition) is 2. The molecular formula is C16H18N4O2. The van der Waals surface area contributed by atoms with Crippen molar-refractivity contribution in [3.05, 3.63) is 42.4 Å². The van der Waals surface area contributed by atoms with E-state index in [0.29, 0.717) is 11.8 Å². The number of carbonyl (C=O) groups is 1. The maximum atomic E-state index is 12.1. The highest BCUT2D eigenvalue weighted by Crippen LogP contribution is 2.25. The van der Waals surface area contributed by atoms with Crippen LogP contribution < -0.4 is 15.8 Å². The third-order valence-electron chi connectivity index (χ3n) is 3.66. The van der Waals surface area contributed by atoms with E-state index in [1.807, 2.05) is 12.1 Å². The SMILES string of the molecule is Nc1nccnc1C(=O)Nc1ccc(OC2CCCC2)cc1. The predicted octanol–water partition coefficient (Wildman–Crippen LogP) is 2.63. The highest BCUT2D eigenvalue weighted by atomic mass is 16.5. The summed E-state index contributed by atoms with van der Waals surface area (Å²) in [6.45, 7) is 0. The Hall–Kier alpha value is -2.63. The molecule has 0 saturated heterocycles. The molecule has 0 bridgehead atoms. The van der Waals surface area contributed by atoms with Gasteiger partial charge in [0.15, 0.2) is 11.5 Å². The van der Waals surface area contributed by atoms with E-state index in [-0.39, 0.29) is 17.4 Å². The number of ether oxygens (including phenoxy) is 1. The standard InChI is InChI=1S/C16H18N4O2/c17-15-14(18-9-10-19-15)16(21)20-11-5-7-13(8-6-11)22-12-3-1-2-4-12/h5-10,12H,1-4H2,(H2,17,19)(H,20,21). The van der Waals surface area contributed by atoms with Gasteiger partial charge in [-0.05, 0) is 49.9 Å². The molecule has 1 aromatic heterocycles. The number of rotatable bonds is 4. The number of aromatic nitrogens is 2. The normalized spacial score (nSPS) is 14.7. The van der Waals surface area contributed by atoms with Crippen LogP contribution >= 0.6 is 0 Å². The lowest BCUT2D eigenvalue weighted by Crippen LogP contribution is -2.16. The number of anilines is 2. The zero-order chi connectivity index (χ0) is 15.4. The molecule has 114 valence electrons. The molecule has 1 aliphatic rings. The zero-order valence-corrected chi connectivity index (χ0v) is 12.2. The number of amides is 1. The topological polar surface area (TPSA) is 90.1 Å². The summed E-state index contributed by atoms with van der Waals surface area (Å²) in [4.78, 5) is 19.9. The summed E-state index contributed by atoms with van der Waals surface area (Å²) in [6, 6.07) is 7.31. The van der Waals surface area contributed by atoms with Crippen molar-refractivity contribution >= 4 is 17.4 Å². The van der Waals surface area contributed by atoms with Gasteiger partial charge in [-0.2, -0.15) is 0 Å². The Labute approximate surface area is 128 Å². The van der Waals surface area contributed by atoms with Gasteiger partial charge in [0.05, 0.1) is 6.10 Å². The molecule has 22 heavy (non-hydrogen) atoms. The number of nitrogens with two attached hydrogens (primary N) is 1. The van der Waals surface area contributed by atoms with Crippen molar-refractivity contribution in [3.8, 4) is 5.75 Å². The molecule has 3 N–H and O–H groups in total. The van der Waals surface area contributed by atoms with E-state index in [0.717, 1.165) is 18.6 Å². The molecule has 1 heterocycles. The lowest BCUT2D eigenvalue weighted by molar-refractivity contribution is 0.102. The van der Waals surface area contributed by atoms with Gasteiger partial charge in [-0.1, -0.05) is 0 Å². The van der Waals surface area contributed by atoms with Crippen LogP contribution in [0, 0.1) is 0 Å². The quantitative estimate of drug-likeness (QED) is 0.905. The van der Waals surface area contributed by atoms with Crippen LogP contribution in [0.15, 0.2) is 36.7 Å². The van der Waals surface area contributed by atoms with Gasteiger partial charge in [-0.25, -0.2) is 9.97 Å². The highest BCUT2D eigenvalue weighted by Gasteiger charge is 2.16. The number of hydrogen-bond acceptors (Lipinski definition) is 5. The fourth-order valence-electron chi connectivity index (χ4n) is 2.53. The van der Waals surface area contributed by atoms with Crippen molar-refractivity contribution < 1.29 is 9.53 Å². The van der Waals surface area contributed by atoms with E-state index in [1.54, 1.807) is 12.1 Å². The lowest BCUT2D eigenvalue weighted by Gasteiger charge is -2.13. The molecule has 1 fully saturated rings. The summed E-state index contributed by atoms with van der Waals surface area (Å²) >= 11 is 0. The lowest BCUT2D eigenvalue weighted by atomic mass is 10.2. The fourth-order valence-corrected chi connectivity index (χ4v) is 2.53. The molecular weight excluding hydrogens is 280 g/mol. The second kappa shape index (κ2) is 6.43. The second-order valence-electron chi connectivity index (χ2n) is 5.29. The van der Waals surface area contributed by atoms with E-state index < -0.39 is 0 Å². The Balaban J connectivity index is 1.63. The Morgan fingerprint density at radius 3 is 2.50 bits per heavy atom. The van der Waals surface area contributed by atoms with Crippen molar-refractivity contribution in [2.75, 3.05) is 11.1 Å². The molecule has 3 rings (SSSR count). The van der Waals surface area contributed by atoms with Gasteiger partial charge in [0.25, 0.3) is 5.91 Å². The summed E-state index contributed by atoms with van der Waals surface area (Å²) in [5.74, 6) is 0.556. The first-order chi connectivity index (χ1) is 10.7. The molecule has 0 atom stereocenters. The number of nitrogens with one attached hydrogen (secondary N) is 1. The maximum absolute atomic E-state index is 12.1. The third-order valence-corrected chi connectivity index (χ3v) is 3.66. The molecule has 1 amide bonds. The van der Waals surface area contributed by atoms with Crippen molar-refractivity contribution in [2.45, 2.75) is 31.8 Å². The average Bonchev–Trinajstić information content (AvgIpc) is 3.02. The van der Waals surface area contributed by atoms with Crippen LogP contribution in [0.2, 0.25) is 0 Å². The summed E-state index contributed by atoms with van der Waals surface area (Å²) in [5, 5.41) is 2.74. The van der Waals surface area contributed by atoms with Crippen molar-refractivity contribution in [1.29, 1.82) is 0 Å². The summed E-state index contributed by atoms with van der Waals surface area (Å²) in [7, 11) is 0. The minimum Gasteiger partial charge on any atom is -0.490 e. The monoisotopic (exact) mass is 298 g/mol. The van der Waals surface area contributed by atoms with E-state index in [1.165, 1.54) is 25.2 Å². The number of nitrogen functional groups attached to an aromatic ring is 1. The van der Waals surface area contributed by atoms with E-state index in [2.05, 4.69) is 15.3 Å². The number of carbonyl (C=O) groups excluding carboxylic acids is 1. The first-order valence-electron chi connectivity index (χ1n) is 7.37. The van der Waals surface area contributed by atoms with Gasteiger partial charge < -0.3 is 15.8 Å². The molecule has 0 aliphatic heterocycles. The largest absolute Gasteiger partial charge is 0.490 e. The molecule has 0 radical (unpaired) electrons. The summed E-state index contributed by atoms with van der Waals surface area (Å²) < 4.78 is 5.88. The van der Waals surface area contributed by atoms with Crippen LogP contribution in [0.3, 0.4) is 0 Å². The van der Waals surface area contributed by atoms with Crippen LogP contribution in [-0.2, 0) is 0 Å². The predicted molar refractivity (Wildman–Crippen MR) is 83.7 cm³/mol. The molecule has 0 unspecified atom stereocenters. The summed E-state index contributed by atoms with van der Waals surface area (Å²) in [5.41, 5.74) is 6.42. The summed E-state index contributed by atoms with van der Waals surface area (Å²) in [6.07, 6.45) is 7.90. The van der Waals surface area contributed by atoms with Gasteiger partial charge in [0, 0.05) is 18.1 Å². The average molecular weight is 298 g/mol. The van der Waals surface area contributed by atoms with Gasteiger partial charge in [0.1, 0.15) is 5.75 Å². The van der Waals surface area contributed by atoms with Gasteiger partial charge >= 0.3 is 0 Å². The maximum Gasteiger partial charge on any atom is 0.278 e. The Morgan fingerprint density at radius 1 is 1.14 bits per heavy atom. The minimum atomic E-state index is -0.380. The molecule has 6 heteroatoms.